The van der Waals surface area contributed by atoms with Crippen LogP contribution in [-0.4, -0.2) is 67.0 Å². The van der Waals surface area contributed by atoms with E-state index < -0.39 is 0 Å². The molecule has 0 spiro atoms. The number of morpholine rings is 1. The number of hydrogen-bond donors (Lipinski definition) is 1. The van der Waals surface area contributed by atoms with Crippen molar-refractivity contribution in [2.75, 3.05) is 44.3 Å². The number of rotatable bonds is 4. The van der Waals surface area contributed by atoms with Gasteiger partial charge in [-0.05, 0) is 53.6 Å². The van der Waals surface area contributed by atoms with Crippen LogP contribution >= 0.6 is 11.3 Å². The largest absolute Gasteiger partial charge is 0.378 e. The molecular formula is C30H34N4O3S. The third kappa shape index (κ3) is 4.77. The zero-order chi connectivity index (χ0) is 26.4. The van der Waals surface area contributed by atoms with Gasteiger partial charge in [0.1, 0.15) is 0 Å². The molecule has 1 aliphatic carbocycles. The number of likely N-dealkylation sites (tertiary alicyclic amines) is 1. The Bertz CT molecular complexity index is 1390. The third-order valence-corrected chi connectivity index (χ3v) is 9.13. The molecule has 7 nitrogen and oxygen atoms in total. The Kier molecular flexibility index (Phi) is 6.58. The summed E-state index contributed by atoms with van der Waals surface area (Å²) in [5.41, 5.74) is 11.7. The molecule has 2 saturated heterocycles. The van der Waals surface area contributed by atoms with E-state index in [0.29, 0.717) is 38.3 Å². The van der Waals surface area contributed by atoms with E-state index >= 15 is 0 Å². The van der Waals surface area contributed by atoms with Gasteiger partial charge in [-0.3, -0.25) is 14.6 Å². The Labute approximate surface area is 227 Å². The SMILES string of the molecule is CC1(C)CC(=O)c2sc(N3CCOCC3)c(-c3ccnc(-c4cccc(C(=O)N5CCC(N)C5)c4)c3)c2C1. The van der Waals surface area contributed by atoms with Gasteiger partial charge in [0.25, 0.3) is 5.91 Å². The van der Waals surface area contributed by atoms with Crippen molar-refractivity contribution in [1.82, 2.24) is 9.88 Å². The molecule has 0 bridgehead atoms. The number of carbonyl (C=O) groups excluding carboxylic acids is 2. The second-order valence-corrected chi connectivity index (χ2v) is 12.4. The number of hydrogen-bond acceptors (Lipinski definition) is 7. The van der Waals surface area contributed by atoms with Crippen LogP contribution in [0, 0.1) is 5.41 Å². The molecular weight excluding hydrogens is 496 g/mol. The van der Waals surface area contributed by atoms with Gasteiger partial charge in [-0.1, -0.05) is 26.0 Å². The van der Waals surface area contributed by atoms with Gasteiger partial charge in [0.2, 0.25) is 0 Å². The summed E-state index contributed by atoms with van der Waals surface area (Å²) in [6.45, 7) is 8.64. The minimum absolute atomic E-state index is 0.0122. The van der Waals surface area contributed by atoms with Crippen molar-refractivity contribution >= 4 is 28.0 Å². The first-order valence-electron chi connectivity index (χ1n) is 13.4. The monoisotopic (exact) mass is 530 g/mol. The van der Waals surface area contributed by atoms with Gasteiger partial charge in [-0.15, -0.1) is 11.3 Å². The number of ether oxygens (including phenoxy) is 1. The summed E-state index contributed by atoms with van der Waals surface area (Å²) in [6, 6.07) is 11.9. The van der Waals surface area contributed by atoms with Crippen molar-refractivity contribution in [1.29, 1.82) is 0 Å². The normalized spacial score (nSPS) is 21.0. The highest BCUT2D eigenvalue weighted by Crippen LogP contribution is 2.49. The fraction of sp³-hybridized carbons (Fsp3) is 0.433. The number of aromatic nitrogens is 1. The van der Waals surface area contributed by atoms with Crippen LogP contribution in [0.5, 0.6) is 0 Å². The van der Waals surface area contributed by atoms with Crippen LogP contribution in [0.15, 0.2) is 42.6 Å². The molecule has 3 aromatic rings. The molecule has 1 atom stereocenters. The summed E-state index contributed by atoms with van der Waals surface area (Å²) < 4.78 is 5.62. The summed E-state index contributed by atoms with van der Waals surface area (Å²) in [6.07, 6.45) is 4.11. The van der Waals surface area contributed by atoms with Crippen LogP contribution in [-0.2, 0) is 11.2 Å². The number of Topliss-reactive ketones (excluding diaryl/α,β-unsaturated/α-hetero) is 1. The van der Waals surface area contributed by atoms with Gasteiger partial charge in [0, 0.05) is 61.5 Å². The van der Waals surface area contributed by atoms with Crippen LogP contribution in [0.25, 0.3) is 22.4 Å². The molecule has 1 unspecified atom stereocenters. The summed E-state index contributed by atoms with van der Waals surface area (Å²) in [5.74, 6) is 0.252. The first-order valence-corrected chi connectivity index (χ1v) is 14.2. The van der Waals surface area contributed by atoms with E-state index in [1.165, 1.54) is 0 Å². The number of nitrogens with two attached hydrogens (primary N) is 1. The number of fused-ring (bicyclic) bond motifs is 1. The zero-order valence-electron chi connectivity index (χ0n) is 22.0. The Morgan fingerprint density at radius 3 is 2.68 bits per heavy atom. The first-order chi connectivity index (χ1) is 18.3. The average Bonchev–Trinajstić information content (AvgIpc) is 3.52. The molecule has 0 radical (unpaired) electrons. The van der Waals surface area contributed by atoms with E-state index in [1.54, 1.807) is 11.3 Å². The van der Waals surface area contributed by atoms with Gasteiger partial charge in [-0.2, -0.15) is 0 Å². The van der Waals surface area contributed by atoms with E-state index in [2.05, 4.69) is 29.8 Å². The van der Waals surface area contributed by atoms with Crippen LogP contribution in [0.2, 0.25) is 0 Å². The fourth-order valence-corrected chi connectivity index (χ4v) is 7.23. The molecule has 1 aromatic carbocycles. The minimum Gasteiger partial charge on any atom is -0.378 e. The van der Waals surface area contributed by atoms with Crippen molar-refractivity contribution in [2.24, 2.45) is 11.1 Å². The Balaban J connectivity index is 1.41. The first kappa shape index (κ1) is 25.2. The number of amides is 1. The summed E-state index contributed by atoms with van der Waals surface area (Å²) in [4.78, 5) is 36.1. The number of anilines is 1. The van der Waals surface area contributed by atoms with Crippen LogP contribution in [0.1, 0.15) is 52.3 Å². The average molecular weight is 531 g/mol. The van der Waals surface area contributed by atoms with Gasteiger partial charge < -0.3 is 20.3 Å². The molecule has 198 valence electrons. The standard InChI is InChI=1S/C30H34N4O3S/c1-30(2)16-23-26(29(33-10-12-37-13-11-33)38-27(23)25(35)17-30)20-6-8-32-24(15-20)19-4-3-5-21(14-19)28(36)34-9-7-22(31)18-34/h3-6,8,14-15,22H,7,9-13,16-18,31H2,1-2H3. The number of benzene rings is 1. The van der Waals surface area contributed by atoms with E-state index in [4.69, 9.17) is 10.5 Å². The Hall–Kier alpha value is -3.07. The maximum Gasteiger partial charge on any atom is 0.253 e. The van der Waals surface area contributed by atoms with Gasteiger partial charge in [-0.25, -0.2) is 0 Å². The number of thiophene rings is 1. The highest BCUT2D eigenvalue weighted by molar-refractivity contribution is 7.19. The lowest BCUT2D eigenvalue weighted by Crippen LogP contribution is -2.36. The molecule has 8 heteroatoms. The lowest BCUT2D eigenvalue weighted by Gasteiger charge is -2.30. The molecule has 2 N–H and O–H groups in total. The Morgan fingerprint density at radius 1 is 1.11 bits per heavy atom. The molecule has 0 saturated carbocycles. The van der Waals surface area contributed by atoms with E-state index in [0.717, 1.165) is 63.8 Å². The van der Waals surface area contributed by atoms with Crippen molar-refractivity contribution in [3.05, 3.63) is 58.6 Å². The maximum absolute atomic E-state index is 13.2. The van der Waals surface area contributed by atoms with Crippen molar-refractivity contribution in [2.45, 2.75) is 39.2 Å². The number of nitrogens with zero attached hydrogens (tertiary/aromatic N) is 3. The van der Waals surface area contributed by atoms with Gasteiger partial charge in [0.05, 0.1) is 28.8 Å². The van der Waals surface area contributed by atoms with Crippen LogP contribution in [0.3, 0.4) is 0 Å². The lowest BCUT2D eigenvalue weighted by molar-refractivity contribution is 0.0790. The van der Waals surface area contributed by atoms with Crippen molar-refractivity contribution < 1.29 is 14.3 Å². The van der Waals surface area contributed by atoms with Crippen LogP contribution in [0.4, 0.5) is 5.00 Å². The molecule has 2 aliphatic heterocycles. The fourth-order valence-electron chi connectivity index (χ4n) is 5.90. The lowest BCUT2D eigenvalue weighted by atomic mass is 9.75. The Morgan fingerprint density at radius 2 is 1.92 bits per heavy atom. The van der Waals surface area contributed by atoms with E-state index in [1.807, 2.05) is 41.4 Å². The molecule has 4 heterocycles. The molecule has 6 rings (SSSR count). The molecule has 2 aromatic heterocycles. The van der Waals surface area contributed by atoms with Crippen molar-refractivity contribution in [3.63, 3.8) is 0 Å². The van der Waals surface area contributed by atoms with Crippen LogP contribution < -0.4 is 10.6 Å². The highest BCUT2D eigenvalue weighted by Gasteiger charge is 2.37. The topological polar surface area (TPSA) is 88.8 Å². The number of pyridine rings is 1. The van der Waals surface area contributed by atoms with Crippen molar-refractivity contribution in [3.8, 4) is 22.4 Å². The second kappa shape index (κ2) is 9.91. The third-order valence-electron chi connectivity index (χ3n) is 7.80. The molecule has 1 amide bonds. The smallest absolute Gasteiger partial charge is 0.253 e. The van der Waals surface area contributed by atoms with Gasteiger partial charge >= 0.3 is 0 Å². The summed E-state index contributed by atoms with van der Waals surface area (Å²) in [7, 11) is 0. The molecule has 3 aliphatic rings. The maximum atomic E-state index is 13.2. The van der Waals surface area contributed by atoms with E-state index in [-0.39, 0.29) is 23.1 Å². The quantitative estimate of drug-likeness (QED) is 0.529. The second-order valence-electron chi connectivity index (χ2n) is 11.4. The molecule has 38 heavy (non-hydrogen) atoms. The number of carbonyl (C=O) groups is 2. The predicted molar refractivity (Wildman–Crippen MR) is 151 cm³/mol. The predicted octanol–water partition coefficient (Wildman–Crippen LogP) is 4.64. The molecule has 2 fully saturated rings. The highest BCUT2D eigenvalue weighted by atomic mass is 32.1. The van der Waals surface area contributed by atoms with Gasteiger partial charge in [0.15, 0.2) is 5.78 Å². The zero-order valence-corrected chi connectivity index (χ0v) is 22.9. The van der Waals surface area contributed by atoms with E-state index in [9.17, 15) is 9.59 Å². The summed E-state index contributed by atoms with van der Waals surface area (Å²) >= 11 is 1.63. The number of ketones is 1. The summed E-state index contributed by atoms with van der Waals surface area (Å²) in [5, 5.41) is 1.15. The minimum atomic E-state index is -0.0785.